The molecule has 3 aromatic rings. The molecule has 0 amide bonds. The van der Waals surface area contributed by atoms with Gasteiger partial charge in [0.15, 0.2) is 0 Å². The van der Waals surface area contributed by atoms with Crippen LogP contribution in [0, 0.1) is 0 Å². The highest BCUT2D eigenvalue weighted by molar-refractivity contribution is 7.13. The number of thiazole rings is 1. The molecule has 24 heavy (non-hydrogen) atoms. The Balaban J connectivity index is 1.58. The van der Waals surface area contributed by atoms with E-state index in [1.165, 1.54) is 11.3 Å². The molecule has 2 aromatic carbocycles. The Hall–Kier alpha value is -2.66. The molecular weight excluding hydrogens is 322 g/mol. The Morgan fingerprint density at radius 3 is 2.62 bits per heavy atom. The van der Waals surface area contributed by atoms with Gasteiger partial charge in [-0.1, -0.05) is 48.5 Å². The number of nitrogens with zero attached hydrogens (tertiary/aromatic N) is 1. The highest BCUT2D eigenvalue weighted by atomic mass is 32.1. The minimum Gasteiger partial charge on any atom is -0.496 e. The van der Waals surface area contributed by atoms with E-state index in [0.29, 0.717) is 5.75 Å². The van der Waals surface area contributed by atoms with Crippen molar-refractivity contribution in [1.82, 2.24) is 4.98 Å². The Morgan fingerprint density at radius 2 is 1.83 bits per heavy atom. The zero-order valence-corrected chi connectivity index (χ0v) is 14.1. The second kappa shape index (κ2) is 7.75. The summed E-state index contributed by atoms with van der Waals surface area (Å²) < 4.78 is 10.6. The summed E-state index contributed by atoms with van der Waals surface area (Å²) in [5.74, 6) is 0.413. The Labute approximate surface area is 144 Å². The van der Waals surface area contributed by atoms with Crippen molar-refractivity contribution >= 4 is 17.3 Å². The Morgan fingerprint density at radius 1 is 1.08 bits per heavy atom. The monoisotopic (exact) mass is 339 g/mol. The quantitative estimate of drug-likeness (QED) is 0.634. The number of para-hydroxylation sites is 1. The second-order valence-corrected chi connectivity index (χ2v) is 6.02. The van der Waals surface area contributed by atoms with E-state index < -0.39 is 0 Å². The van der Waals surface area contributed by atoms with Crippen molar-refractivity contribution in [3.8, 4) is 16.3 Å². The number of aromatic nitrogens is 1. The number of hydrogen-bond donors (Lipinski definition) is 0. The molecule has 122 valence electrons. The second-order valence-electron chi connectivity index (χ2n) is 5.16. The fourth-order valence-corrected chi connectivity index (χ4v) is 3.11. The van der Waals surface area contributed by atoms with E-state index in [4.69, 9.17) is 9.47 Å². The molecule has 0 saturated carbocycles. The van der Waals surface area contributed by atoms with Crippen LogP contribution in [-0.4, -0.2) is 18.1 Å². The van der Waals surface area contributed by atoms with Crippen molar-refractivity contribution in [1.29, 1.82) is 0 Å². The van der Waals surface area contributed by atoms with Crippen LogP contribution in [0.5, 0.6) is 5.75 Å². The molecule has 0 aliphatic rings. The first-order valence-electron chi connectivity index (χ1n) is 7.53. The number of esters is 1. The molecule has 0 fully saturated rings. The predicted octanol–water partition coefficient (Wildman–Crippen LogP) is 4.10. The zero-order chi connectivity index (χ0) is 16.8. The third-order valence-corrected chi connectivity index (χ3v) is 4.42. The summed E-state index contributed by atoms with van der Waals surface area (Å²) in [5.41, 5.74) is 2.62. The van der Waals surface area contributed by atoms with Crippen LogP contribution >= 0.6 is 11.3 Å². The summed E-state index contributed by atoms with van der Waals surface area (Å²) in [6.45, 7) is 0.193. The zero-order valence-electron chi connectivity index (χ0n) is 13.3. The van der Waals surface area contributed by atoms with Crippen molar-refractivity contribution in [3.05, 3.63) is 71.2 Å². The molecule has 4 nitrogen and oxygen atoms in total. The van der Waals surface area contributed by atoms with Gasteiger partial charge in [-0.2, -0.15) is 0 Å². The average Bonchev–Trinajstić information content (AvgIpc) is 3.09. The van der Waals surface area contributed by atoms with Crippen LogP contribution in [0.1, 0.15) is 11.3 Å². The lowest BCUT2D eigenvalue weighted by atomic mass is 10.2. The molecule has 1 aromatic heterocycles. The van der Waals surface area contributed by atoms with Crippen LogP contribution in [0.3, 0.4) is 0 Å². The fraction of sp³-hybridized carbons (Fsp3) is 0.158. The average molecular weight is 339 g/mol. The Kier molecular flexibility index (Phi) is 5.23. The van der Waals surface area contributed by atoms with Gasteiger partial charge < -0.3 is 9.47 Å². The number of carbonyl (C=O) groups is 1. The smallest absolute Gasteiger partial charge is 0.312 e. The van der Waals surface area contributed by atoms with Crippen LogP contribution in [-0.2, 0) is 22.6 Å². The topological polar surface area (TPSA) is 48.4 Å². The van der Waals surface area contributed by atoms with E-state index in [2.05, 4.69) is 4.98 Å². The molecule has 0 aliphatic carbocycles. The van der Waals surface area contributed by atoms with Crippen LogP contribution in [0.4, 0.5) is 0 Å². The summed E-state index contributed by atoms with van der Waals surface area (Å²) in [6.07, 6.45) is 0.165. The molecule has 3 rings (SSSR count). The van der Waals surface area contributed by atoms with Gasteiger partial charge in [0.2, 0.25) is 0 Å². The standard InChI is InChI=1S/C19H17NO3S/c1-22-17-10-6-5-9-15(17)12-23-18(21)11-16-13-24-19(20-16)14-7-3-2-4-8-14/h2-10,13H,11-12H2,1H3. The fourth-order valence-electron chi connectivity index (χ4n) is 2.28. The van der Waals surface area contributed by atoms with Crippen LogP contribution in [0.15, 0.2) is 60.0 Å². The van der Waals surface area contributed by atoms with Gasteiger partial charge in [0.25, 0.3) is 0 Å². The number of benzene rings is 2. The highest BCUT2D eigenvalue weighted by Gasteiger charge is 2.11. The van der Waals surface area contributed by atoms with Gasteiger partial charge >= 0.3 is 5.97 Å². The van der Waals surface area contributed by atoms with Gasteiger partial charge in [0.1, 0.15) is 17.4 Å². The number of ether oxygens (including phenoxy) is 2. The van der Waals surface area contributed by atoms with Crippen molar-refractivity contribution in [2.75, 3.05) is 7.11 Å². The summed E-state index contributed by atoms with van der Waals surface area (Å²) >= 11 is 1.53. The Bertz CT molecular complexity index is 814. The predicted molar refractivity (Wildman–Crippen MR) is 94.0 cm³/mol. The molecule has 0 N–H and O–H groups in total. The third-order valence-electron chi connectivity index (χ3n) is 3.48. The van der Waals surface area contributed by atoms with Crippen molar-refractivity contribution in [3.63, 3.8) is 0 Å². The van der Waals surface area contributed by atoms with Gasteiger partial charge in [0, 0.05) is 16.5 Å². The molecule has 5 heteroatoms. The maximum Gasteiger partial charge on any atom is 0.312 e. The molecule has 0 atom stereocenters. The molecule has 0 unspecified atom stereocenters. The van der Waals surface area contributed by atoms with Gasteiger partial charge in [-0.25, -0.2) is 4.98 Å². The summed E-state index contributed by atoms with van der Waals surface area (Å²) in [6, 6.07) is 17.4. The van der Waals surface area contributed by atoms with Crippen LogP contribution in [0.25, 0.3) is 10.6 Å². The number of carbonyl (C=O) groups excluding carboxylic acids is 1. The largest absolute Gasteiger partial charge is 0.496 e. The maximum absolute atomic E-state index is 12.0. The minimum atomic E-state index is -0.300. The first kappa shape index (κ1) is 16.2. The first-order chi connectivity index (χ1) is 11.8. The molecular formula is C19H17NO3S. The number of hydrogen-bond acceptors (Lipinski definition) is 5. The van der Waals surface area contributed by atoms with Gasteiger partial charge in [-0.3, -0.25) is 4.79 Å². The van der Waals surface area contributed by atoms with E-state index in [9.17, 15) is 4.79 Å². The lowest BCUT2D eigenvalue weighted by molar-refractivity contribution is -0.144. The molecule has 0 bridgehead atoms. The molecule has 0 radical (unpaired) electrons. The van der Waals surface area contributed by atoms with E-state index >= 15 is 0 Å². The van der Waals surface area contributed by atoms with Crippen LogP contribution in [0.2, 0.25) is 0 Å². The van der Waals surface area contributed by atoms with Gasteiger partial charge in [-0.05, 0) is 6.07 Å². The van der Waals surface area contributed by atoms with Crippen LogP contribution < -0.4 is 4.74 Å². The molecule has 1 heterocycles. The summed E-state index contributed by atoms with van der Waals surface area (Å²) in [4.78, 5) is 16.5. The molecule has 0 aliphatic heterocycles. The number of rotatable bonds is 6. The highest BCUT2D eigenvalue weighted by Crippen LogP contribution is 2.24. The summed E-state index contributed by atoms with van der Waals surface area (Å²) in [5, 5.41) is 2.80. The van der Waals surface area contributed by atoms with Crippen molar-refractivity contribution in [2.24, 2.45) is 0 Å². The molecule has 0 spiro atoms. The molecule has 0 saturated heterocycles. The van der Waals surface area contributed by atoms with E-state index in [0.717, 1.165) is 21.8 Å². The van der Waals surface area contributed by atoms with Crippen molar-refractivity contribution in [2.45, 2.75) is 13.0 Å². The van der Waals surface area contributed by atoms with E-state index in [-0.39, 0.29) is 19.0 Å². The number of methoxy groups -OCH3 is 1. The first-order valence-corrected chi connectivity index (χ1v) is 8.41. The summed E-state index contributed by atoms with van der Waals surface area (Å²) in [7, 11) is 1.60. The van der Waals surface area contributed by atoms with E-state index in [1.807, 2.05) is 60.0 Å². The lowest BCUT2D eigenvalue weighted by Crippen LogP contribution is -2.08. The lowest BCUT2D eigenvalue weighted by Gasteiger charge is -2.08. The third kappa shape index (κ3) is 4.00. The van der Waals surface area contributed by atoms with E-state index in [1.54, 1.807) is 7.11 Å². The minimum absolute atomic E-state index is 0.165. The SMILES string of the molecule is COc1ccccc1COC(=O)Cc1csc(-c2ccccc2)n1. The van der Waals surface area contributed by atoms with Crippen molar-refractivity contribution < 1.29 is 14.3 Å². The van der Waals surface area contributed by atoms with Gasteiger partial charge in [-0.15, -0.1) is 11.3 Å². The normalized spacial score (nSPS) is 10.4. The van der Waals surface area contributed by atoms with Gasteiger partial charge in [0.05, 0.1) is 19.2 Å². The maximum atomic E-state index is 12.0.